The molecule has 2 nitrogen and oxygen atoms in total. The average molecular weight is 282 g/mol. The highest BCUT2D eigenvalue weighted by atomic mass is 35.5. The summed E-state index contributed by atoms with van der Waals surface area (Å²) in [5, 5.41) is 1.17. The number of hydrogen-bond donors (Lipinski definition) is 0. The molecule has 2 rings (SSSR count). The van der Waals surface area contributed by atoms with Gasteiger partial charge in [0.25, 0.3) is 0 Å². The number of rotatable bonds is 3. The SMILES string of the molecule is Cc1cc(C)c2cc(CCC(=O)Cl)c(Cl)nc2c1. The molecular weight excluding hydrogens is 269 g/mol. The van der Waals surface area contributed by atoms with Crippen LogP contribution in [0.5, 0.6) is 0 Å². The van der Waals surface area contributed by atoms with E-state index < -0.39 is 0 Å². The molecular formula is C14H13Cl2NO. The summed E-state index contributed by atoms with van der Waals surface area (Å²) in [6, 6.07) is 6.11. The van der Waals surface area contributed by atoms with Crippen LogP contribution in [0.4, 0.5) is 0 Å². The van der Waals surface area contributed by atoms with Crippen LogP contribution in [0.2, 0.25) is 5.15 Å². The zero-order chi connectivity index (χ0) is 13.3. The van der Waals surface area contributed by atoms with Crippen LogP contribution in [0.25, 0.3) is 10.9 Å². The molecule has 0 saturated heterocycles. The van der Waals surface area contributed by atoms with Crippen LogP contribution in [0.15, 0.2) is 18.2 Å². The fourth-order valence-electron chi connectivity index (χ4n) is 2.06. The smallest absolute Gasteiger partial charge is 0.221 e. The molecule has 2 aromatic rings. The first kappa shape index (κ1) is 13.3. The molecule has 4 heteroatoms. The molecule has 1 aromatic carbocycles. The van der Waals surface area contributed by atoms with E-state index in [0.29, 0.717) is 11.6 Å². The second kappa shape index (κ2) is 5.25. The molecule has 18 heavy (non-hydrogen) atoms. The lowest BCUT2D eigenvalue weighted by molar-refractivity contribution is -0.111. The van der Waals surface area contributed by atoms with Crippen LogP contribution < -0.4 is 0 Å². The first-order valence-corrected chi connectivity index (χ1v) is 6.47. The van der Waals surface area contributed by atoms with Gasteiger partial charge in [0.2, 0.25) is 5.24 Å². The Morgan fingerprint density at radius 1 is 1.28 bits per heavy atom. The van der Waals surface area contributed by atoms with E-state index in [4.69, 9.17) is 23.2 Å². The molecule has 0 atom stereocenters. The van der Waals surface area contributed by atoms with Crippen molar-refractivity contribution < 1.29 is 4.79 Å². The minimum absolute atomic E-state index is 0.277. The second-order valence-electron chi connectivity index (χ2n) is 4.44. The van der Waals surface area contributed by atoms with Crippen molar-refractivity contribution >= 4 is 39.3 Å². The Bertz CT molecular complexity index is 623. The lowest BCUT2D eigenvalue weighted by Crippen LogP contribution is -1.96. The van der Waals surface area contributed by atoms with Crippen molar-refractivity contribution in [2.75, 3.05) is 0 Å². The van der Waals surface area contributed by atoms with Crippen molar-refractivity contribution in [1.29, 1.82) is 0 Å². The molecule has 94 valence electrons. The Hall–Kier alpha value is -1.12. The summed E-state index contributed by atoms with van der Waals surface area (Å²) in [6.45, 7) is 4.07. The third-order valence-corrected chi connectivity index (χ3v) is 3.42. The predicted octanol–water partition coefficient (Wildman–Crippen LogP) is 4.20. The summed E-state index contributed by atoms with van der Waals surface area (Å²) in [4.78, 5) is 15.2. The van der Waals surface area contributed by atoms with Gasteiger partial charge < -0.3 is 0 Å². The normalized spacial score (nSPS) is 10.9. The number of pyridine rings is 1. The van der Waals surface area contributed by atoms with E-state index in [-0.39, 0.29) is 11.7 Å². The molecule has 0 bridgehead atoms. The van der Waals surface area contributed by atoms with Gasteiger partial charge in [0.1, 0.15) is 5.15 Å². The highest BCUT2D eigenvalue weighted by Gasteiger charge is 2.08. The maximum atomic E-state index is 10.8. The van der Waals surface area contributed by atoms with Gasteiger partial charge in [0.05, 0.1) is 5.52 Å². The van der Waals surface area contributed by atoms with Gasteiger partial charge in [-0.05, 0) is 60.7 Å². The first-order chi connectivity index (χ1) is 8.47. The van der Waals surface area contributed by atoms with E-state index in [1.54, 1.807) is 0 Å². The second-order valence-corrected chi connectivity index (χ2v) is 5.22. The molecule has 0 N–H and O–H groups in total. The predicted molar refractivity (Wildman–Crippen MR) is 75.4 cm³/mol. The van der Waals surface area contributed by atoms with Gasteiger partial charge in [-0.3, -0.25) is 4.79 Å². The molecule has 0 radical (unpaired) electrons. The largest absolute Gasteiger partial charge is 0.281 e. The Morgan fingerprint density at radius 2 is 2.00 bits per heavy atom. The van der Waals surface area contributed by atoms with Gasteiger partial charge in [-0.25, -0.2) is 4.98 Å². The molecule has 1 heterocycles. The van der Waals surface area contributed by atoms with Gasteiger partial charge in [0.15, 0.2) is 0 Å². The Kier molecular flexibility index (Phi) is 3.88. The third-order valence-electron chi connectivity index (χ3n) is 2.90. The van der Waals surface area contributed by atoms with Crippen molar-refractivity contribution in [2.45, 2.75) is 26.7 Å². The zero-order valence-electron chi connectivity index (χ0n) is 10.3. The van der Waals surface area contributed by atoms with Crippen molar-refractivity contribution in [2.24, 2.45) is 0 Å². The Labute approximate surface area is 116 Å². The van der Waals surface area contributed by atoms with Crippen LogP contribution in [0.3, 0.4) is 0 Å². The molecule has 0 spiro atoms. The average Bonchev–Trinajstić information content (AvgIpc) is 2.26. The molecule has 0 unspecified atom stereocenters. The first-order valence-electron chi connectivity index (χ1n) is 5.72. The summed E-state index contributed by atoms with van der Waals surface area (Å²) in [7, 11) is 0. The van der Waals surface area contributed by atoms with Gasteiger partial charge in [0, 0.05) is 11.8 Å². The molecule has 0 aliphatic heterocycles. The van der Waals surface area contributed by atoms with Crippen molar-refractivity contribution in [3.8, 4) is 0 Å². The molecule has 0 amide bonds. The van der Waals surface area contributed by atoms with Crippen LogP contribution in [-0.4, -0.2) is 10.2 Å². The van der Waals surface area contributed by atoms with E-state index in [0.717, 1.165) is 27.6 Å². The Balaban J connectivity index is 2.50. The number of benzene rings is 1. The number of aryl methyl sites for hydroxylation is 3. The molecule has 0 saturated carbocycles. The van der Waals surface area contributed by atoms with E-state index >= 15 is 0 Å². The summed E-state index contributed by atoms with van der Waals surface area (Å²) in [5.74, 6) is 0. The molecule has 0 fully saturated rings. The number of fused-ring (bicyclic) bond motifs is 1. The van der Waals surface area contributed by atoms with E-state index in [1.165, 1.54) is 0 Å². The van der Waals surface area contributed by atoms with Gasteiger partial charge in [-0.1, -0.05) is 17.7 Å². The monoisotopic (exact) mass is 281 g/mol. The fourth-order valence-corrected chi connectivity index (χ4v) is 2.39. The maximum absolute atomic E-state index is 10.8. The highest BCUT2D eigenvalue weighted by Crippen LogP contribution is 2.25. The lowest BCUT2D eigenvalue weighted by Gasteiger charge is -2.08. The number of hydrogen-bond acceptors (Lipinski definition) is 2. The van der Waals surface area contributed by atoms with Gasteiger partial charge in [-0.2, -0.15) is 0 Å². The summed E-state index contributed by atoms with van der Waals surface area (Å²) in [5.41, 5.74) is 4.07. The van der Waals surface area contributed by atoms with Crippen LogP contribution in [0.1, 0.15) is 23.1 Å². The van der Waals surface area contributed by atoms with E-state index in [9.17, 15) is 4.79 Å². The van der Waals surface area contributed by atoms with Crippen LogP contribution >= 0.6 is 23.2 Å². The number of carbonyl (C=O) groups is 1. The minimum atomic E-state index is -0.355. The fraction of sp³-hybridized carbons (Fsp3) is 0.286. The Morgan fingerprint density at radius 3 is 2.67 bits per heavy atom. The van der Waals surface area contributed by atoms with Gasteiger partial charge in [-0.15, -0.1) is 0 Å². The van der Waals surface area contributed by atoms with Crippen molar-refractivity contribution in [1.82, 2.24) is 4.98 Å². The zero-order valence-corrected chi connectivity index (χ0v) is 11.8. The quantitative estimate of drug-likeness (QED) is 0.623. The number of halogens is 2. The number of carbonyl (C=O) groups excluding carboxylic acids is 1. The number of nitrogens with zero attached hydrogens (tertiary/aromatic N) is 1. The van der Waals surface area contributed by atoms with Crippen molar-refractivity contribution in [3.05, 3.63) is 40.0 Å². The van der Waals surface area contributed by atoms with E-state index in [2.05, 4.69) is 11.1 Å². The summed E-state index contributed by atoms with van der Waals surface area (Å²) in [6.07, 6.45) is 0.802. The lowest BCUT2D eigenvalue weighted by atomic mass is 10.0. The highest BCUT2D eigenvalue weighted by molar-refractivity contribution is 6.63. The molecule has 0 aliphatic rings. The van der Waals surface area contributed by atoms with Gasteiger partial charge >= 0.3 is 0 Å². The third kappa shape index (κ3) is 2.82. The van der Waals surface area contributed by atoms with Crippen LogP contribution in [-0.2, 0) is 11.2 Å². The summed E-state index contributed by atoms with van der Waals surface area (Å²) < 4.78 is 0. The maximum Gasteiger partial charge on any atom is 0.221 e. The van der Waals surface area contributed by atoms with Crippen molar-refractivity contribution in [3.63, 3.8) is 0 Å². The summed E-state index contributed by atoms with van der Waals surface area (Å²) >= 11 is 11.5. The topological polar surface area (TPSA) is 30.0 Å². The van der Waals surface area contributed by atoms with Crippen LogP contribution in [0, 0.1) is 13.8 Å². The minimum Gasteiger partial charge on any atom is -0.281 e. The number of aromatic nitrogens is 1. The standard InChI is InChI=1S/C14H13Cl2NO/c1-8-5-9(2)11-7-10(3-4-13(15)18)14(16)17-12(11)6-8/h5-7H,3-4H2,1-2H3. The molecule has 1 aromatic heterocycles. The van der Waals surface area contributed by atoms with E-state index in [1.807, 2.05) is 26.0 Å². The molecule has 0 aliphatic carbocycles.